The second-order valence-electron chi connectivity index (χ2n) is 5.99. The van der Waals surface area contributed by atoms with E-state index in [0.717, 1.165) is 30.8 Å². The van der Waals surface area contributed by atoms with Gasteiger partial charge in [0.05, 0.1) is 6.10 Å². The van der Waals surface area contributed by atoms with E-state index in [1.807, 2.05) is 24.3 Å². The Bertz CT molecular complexity index is 475. The Hall–Kier alpha value is -1.75. The van der Waals surface area contributed by atoms with Gasteiger partial charge in [-0.2, -0.15) is 0 Å². The standard InChI is InChI=1S/C17H27N3O2/c1-3-4-11-19(2)15-9-7-14(8-10-15)18-17(22)20-12-5-6-16(21)13-20/h7-10,16,21H,3-6,11-13H2,1-2H3,(H,18,22). The average Bonchev–Trinajstić information content (AvgIpc) is 2.53. The number of benzene rings is 1. The van der Waals surface area contributed by atoms with E-state index < -0.39 is 6.10 Å². The maximum absolute atomic E-state index is 12.2. The molecule has 0 spiro atoms. The van der Waals surface area contributed by atoms with Gasteiger partial charge in [0.25, 0.3) is 0 Å². The Morgan fingerprint density at radius 1 is 1.41 bits per heavy atom. The third kappa shape index (κ3) is 4.63. The number of carbonyl (C=O) groups is 1. The number of aliphatic hydroxyl groups is 1. The molecule has 1 saturated heterocycles. The van der Waals surface area contributed by atoms with Crippen molar-refractivity contribution in [2.75, 3.05) is 36.9 Å². The van der Waals surface area contributed by atoms with Crippen LogP contribution in [0.1, 0.15) is 32.6 Å². The molecule has 122 valence electrons. The highest BCUT2D eigenvalue weighted by Crippen LogP contribution is 2.18. The summed E-state index contributed by atoms with van der Waals surface area (Å²) >= 11 is 0. The molecule has 1 aromatic rings. The van der Waals surface area contributed by atoms with Crippen molar-refractivity contribution in [1.82, 2.24) is 4.90 Å². The number of unbranched alkanes of at least 4 members (excludes halogenated alkanes) is 1. The summed E-state index contributed by atoms with van der Waals surface area (Å²) in [6.07, 6.45) is 3.60. The highest BCUT2D eigenvalue weighted by atomic mass is 16.3. The number of carbonyl (C=O) groups excluding carboxylic acids is 1. The monoisotopic (exact) mass is 305 g/mol. The number of anilines is 2. The molecule has 1 aromatic carbocycles. The molecule has 5 heteroatoms. The van der Waals surface area contributed by atoms with E-state index in [1.54, 1.807) is 4.90 Å². The van der Waals surface area contributed by atoms with Gasteiger partial charge in [-0.05, 0) is 43.5 Å². The van der Waals surface area contributed by atoms with Crippen LogP contribution >= 0.6 is 0 Å². The van der Waals surface area contributed by atoms with Gasteiger partial charge in [-0.15, -0.1) is 0 Å². The molecule has 1 atom stereocenters. The van der Waals surface area contributed by atoms with Crippen LogP contribution in [0.3, 0.4) is 0 Å². The minimum absolute atomic E-state index is 0.133. The van der Waals surface area contributed by atoms with Gasteiger partial charge in [0.1, 0.15) is 0 Å². The molecule has 1 unspecified atom stereocenters. The molecule has 0 saturated carbocycles. The van der Waals surface area contributed by atoms with Crippen molar-refractivity contribution in [1.29, 1.82) is 0 Å². The number of amides is 2. The number of nitrogens with zero attached hydrogens (tertiary/aromatic N) is 2. The second-order valence-corrected chi connectivity index (χ2v) is 5.99. The molecule has 0 aromatic heterocycles. The topological polar surface area (TPSA) is 55.8 Å². The quantitative estimate of drug-likeness (QED) is 0.879. The van der Waals surface area contributed by atoms with Crippen molar-refractivity contribution in [2.45, 2.75) is 38.7 Å². The molecule has 2 N–H and O–H groups in total. The molecular formula is C17H27N3O2. The zero-order chi connectivity index (χ0) is 15.9. The Morgan fingerprint density at radius 3 is 2.77 bits per heavy atom. The van der Waals surface area contributed by atoms with Crippen molar-refractivity contribution < 1.29 is 9.90 Å². The lowest BCUT2D eigenvalue weighted by molar-refractivity contribution is 0.0883. The molecule has 1 aliphatic rings. The predicted octanol–water partition coefficient (Wildman–Crippen LogP) is 2.91. The van der Waals surface area contributed by atoms with E-state index in [1.165, 1.54) is 12.8 Å². The Labute approximate surface area is 132 Å². The van der Waals surface area contributed by atoms with Gasteiger partial charge in [0.2, 0.25) is 0 Å². The maximum Gasteiger partial charge on any atom is 0.321 e. The summed E-state index contributed by atoms with van der Waals surface area (Å²) in [5.74, 6) is 0. The summed E-state index contributed by atoms with van der Waals surface area (Å²) in [6.45, 7) is 4.35. The Kier molecular flexibility index (Phi) is 6.07. The van der Waals surface area contributed by atoms with Crippen molar-refractivity contribution in [3.63, 3.8) is 0 Å². The molecule has 0 bridgehead atoms. The number of hydrogen-bond acceptors (Lipinski definition) is 3. The zero-order valence-electron chi connectivity index (χ0n) is 13.6. The average molecular weight is 305 g/mol. The van der Waals surface area contributed by atoms with E-state index in [2.05, 4.69) is 24.2 Å². The Morgan fingerprint density at radius 2 is 2.14 bits per heavy atom. The molecular weight excluding hydrogens is 278 g/mol. The fourth-order valence-corrected chi connectivity index (χ4v) is 2.67. The van der Waals surface area contributed by atoms with Crippen molar-refractivity contribution in [3.05, 3.63) is 24.3 Å². The van der Waals surface area contributed by atoms with Crippen molar-refractivity contribution in [2.24, 2.45) is 0 Å². The largest absolute Gasteiger partial charge is 0.391 e. The van der Waals surface area contributed by atoms with E-state index in [4.69, 9.17) is 0 Å². The first kappa shape index (κ1) is 16.6. The number of piperidine rings is 1. The zero-order valence-corrected chi connectivity index (χ0v) is 13.6. The van der Waals surface area contributed by atoms with E-state index in [-0.39, 0.29) is 6.03 Å². The summed E-state index contributed by atoms with van der Waals surface area (Å²) < 4.78 is 0. The normalized spacial score (nSPS) is 18.1. The number of likely N-dealkylation sites (tertiary alicyclic amines) is 1. The number of aliphatic hydroxyl groups excluding tert-OH is 1. The minimum atomic E-state index is -0.394. The molecule has 0 radical (unpaired) electrons. The highest BCUT2D eigenvalue weighted by Gasteiger charge is 2.21. The van der Waals surface area contributed by atoms with Crippen LogP contribution in [-0.2, 0) is 0 Å². The summed E-state index contributed by atoms with van der Waals surface area (Å²) in [5, 5.41) is 12.5. The predicted molar refractivity (Wildman–Crippen MR) is 90.5 cm³/mol. The van der Waals surface area contributed by atoms with Crippen LogP contribution in [0.2, 0.25) is 0 Å². The number of nitrogens with one attached hydrogen (secondary N) is 1. The molecule has 22 heavy (non-hydrogen) atoms. The fraction of sp³-hybridized carbons (Fsp3) is 0.588. The van der Waals surface area contributed by atoms with Crippen LogP contribution in [-0.4, -0.2) is 48.8 Å². The van der Waals surface area contributed by atoms with Gasteiger partial charge in [0.15, 0.2) is 0 Å². The van der Waals surface area contributed by atoms with E-state index in [9.17, 15) is 9.90 Å². The summed E-state index contributed by atoms with van der Waals surface area (Å²) in [6, 6.07) is 7.77. The third-order valence-corrected chi connectivity index (χ3v) is 4.09. The number of urea groups is 1. The molecule has 1 fully saturated rings. The first-order valence-corrected chi connectivity index (χ1v) is 8.15. The van der Waals surface area contributed by atoms with Gasteiger partial charge in [-0.1, -0.05) is 13.3 Å². The lowest BCUT2D eigenvalue weighted by Gasteiger charge is -2.30. The van der Waals surface area contributed by atoms with Crippen LogP contribution in [0, 0.1) is 0 Å². The first-order valence-electron chi connectivity index (χ1n) is 8.15. The summed E-state index contributed by atoms with van der Waals surface area (Å²) in [4.78, 5) is 16.1. The van der Waals surface area contributed by atoms with Crippen molar-refractivity contribution in [3.8, 4) is 0 Å². The number of rotatable bonds is 5. The van der Waals surface area contributed by atoms with Crippen LogP contribution in [0.15, 0.2) is 24.3 Å². The van der Waals surface area contributed by atoms with Crippen LogP contribution < -0.4 is 10.2 Å². The molecule has 1 heterocycles. The molecule has 5 nitrogen and oxygen atoms in total. The maximum atomic E-state index is 12.2. The highest BCUT2D eigenvalue weighted by molar-refractivity contribution is 5.89. The van der Waals surface area contributed by atoms with Crippen LogP contribution in [0.4, 0.5) is 16.2 Å². The van der Waals surface area contributed by atoms with Crippen LogP contribution in [0.25, 0.3) is 0 Å². The number of β-amino-alcohol motifs (C(OH)–C–C–N with tert-alkyl or cyclic N) is 1. The smallest absolute Gasteiger partial charge is 0.321 e. The first-order chi connectivity index (χ1) is 10.6. The van der Waals surface area contributed by atoms with Crippen molar-refractivity contribution >= 4 is 17.4 Å². The summed E-state index contributed by atoms with van der Waals surface area (Å²) in [5.41, 5.74) is 1.94. The van der Waals surface area contributed by atoms with E-state index in [0.29, 0.717) is 13.1 Å². The summed E-state index contributed by atoms with van der Waals surface area (Å²) in [7, 11) is 2.08. The fourth-order valence-electron chi connectivity index (χ4n) is 2.67. The second kappa shape index (κ2) is 8.03. The number of hydrogen-bond donors (Lipinski definition) is 2. The Balaban J connectivity index is 1.89. The molecule has 0 aliphatic carbocycles. The van der Waals surface area contributed by atoms with Gasteiger partial charge >= 0.3 is 6.03 Å². The van der Waals surface area contributed by atoms with Gasteiger partial charge in [-0.3, -0.25) is 0 Å². The SMILES string of the molecule is CCCCN(C)c1ccc(NC(=O)N2CCCC(O)C2)cc1. The minimum Gasteiger partial charge on any atom is -0.391 e. The van der Waals surface area contributed by atoms with Gasteiger partial charge in [0, 0.05) is 38.1 Å². The van der Waals surface area contributed by atoms with Gasteiger partial charge < -0.3 is 20.2 Å². The molecule has 1 aliphatic heterocycles. The molecule has 2 rings (SSSR count). The lowest BCUT2D eigenvalue weighted by Crippen LogP contribution is -2.44. The third-order valence-electron chi connectivity index (χ3n) is 4.09. The van der Waals surface area contributed by atoms with Crippen LogP contribution in [0.5, 0.6) is 0 Å². The lowest BCUT2D eigenvalue weighted by atomic mass is 10.1. The molecule has 2 amide bonds. The van der Waals surface area contributed by atoms with Gasteiger partial charge in [-0.25, -0.2) is 4.79 Å². The van der Waals surface area contributed by atoms with E-state index >= 15 is 0 Å².